The van der Waals surface area contributed by atoms with Gasteiger partial charge in [-0.05, 0) is 54.5 Å². The highest BCUT2D eigenvalue weighted by Crippen LogP contribution is 2.57. The molecule has 4 heteroatoms. The summed E-state index contributed by atoms with van der Waals surface area (Å²) in [4.78, 5) is 0. The van der Waals surface area contributed by atoms with Crippen molar-refractivity contribution in [1.29, 1.82) is 0 Å². The normalized spacial score (nSPS) is 38.7. The Morgan fingerprint density at radius 3 is 3.00 bits per heavy atom. The van der Waals surface area contributed by atoms with Gasteiger partial charge in [0.05, 0.1) is 5.69 Å². The summed E-state index contributed by atoms with van der Waals surface area (Å²) in [5.74, 6) is 1.93. The molecule has 82 valence electrons. The molecule has 3 unspecified atom stereocenters. The molecule has 2 saturated carbocycles. The highest BCUT2D eigenvalue weighted by Gasteiger charge is 2.50. The van der Waals surface area contributed by atoms with Crippen LogP contribution in [-0.2, 0) is 6.42 Å². The molecule has 1 aromatic heterocycles. The van der Waals surface area contributed by atoms with E-state index in [1.165, 1.54) is 42.9 Å². The molecule has 1 heterocycles. The molecule has 0 N–H and O–H groups in total. The van der Waals surface area contributed by atoms with E-state index >= 15 is 0 Å². The maximum Gasteiger partial charge on any atom is 0.0761 e. The van der Waals surface area contributed by atoms with E-state index in [0.717, 1.165) is 23.6 Å². The maximum atomic E-state index is 4.20. The Hall–Kier alpha value is 0.0400. The Bertz CT molecular complexity index is 340. The number of fused-ring (bicyclic) bond motifs is 2. The summed E-state index contributed by atoms with van der Waals surface area (Å²) in [6.45, 7) is 0. The first-order valence-corrected chi connectivity index (χ1v) is 7.60. The topological polar surface area (TPSA) is 25.8 Å². The predicted octanol–water partition coefficient (Wildman–Crippen LogP) is 3.28. The minimum Gasteiger partial charge on any atom is -0.143 e. The van der Waals surface area contributed by atoms with Crippen molar-refractivity contribution >= 4 is 27.5 Å². The molecular formula is C11H15BrN2S. The quantitative estimate of drug-likeness (QED) is 0.797. The molecule has 2 aliphatic rings. The smallest absolute Gasteiger partial charge is 0.0761 e. The van der Waals surface area contributed by atoms with Crippen LogP contribution in [0.2, 0.25) is 0 Å². The van der Waals surface area contributed by atoms with Crippen molar-refractivity contribution in [3.05, 3.63) is 11.1 Å². The SMILES string of the molecule is BrCC1(Cc2csnn2)CC2CCC1C2. The molecule has 2 nitrogen and oxygen atoms in total. The molecule has 1 aromatic rings. The van der Waals surface area contributed by atoms with Gasteiger partial charge >= 0.3 is 0 Å². The van der Waals surface area contributed by atoms with Gasteiger partial charge in [0.25, 0.3) is 0 Å². The molecule has 0 radical (unpaired) electrons. The van der Waals surface area contributed by atoms with Gasteiger partial charge in [-0.3, -0.25) is 0 Å². The first-order chi connectivity index (χ1) is 7.32. The van der Waals surface area contributed by atoms with Crippen LogP contribution in [0, 0.1) is 17.3 Å². The summed E-state index contributed by atoms with van der Waals surface area (Å²) in [5, 5.41) is 7.45. The second-order valence-electron chi connectivity index (χ2n) is 5.15. The number of alkyl halides is 1. The summed E-state index contributed by atoms with van der Waals surface area (Å²) in [6, 6.07) is 0. The molecular weight excluding hydrogens is 272 g/mol. The zero-order chi connectivity index (χ0) is 10.3. The lowest BCUT2D eigenvalue weighted by Crippen LogP contribution is -2.32. The zero-order valence-electron chi connectivity index (χ0n) is 8.66. The number of halogens is 1. The van der Waals surface area contributed by atoms with Crippen LogP contribution in [0.15, 0.2) is 5.38 Å². The standard InChI is InChI=1S/C11H15BrN2S/c12-7-11(5-10-6-15-14-13-10)4-8-1-2-9(11)3-8/h6,8-9H,1-5,7H2. The number of rotatable bonds is 3. The van der Waals surface area contributed by atoms with Crippen LogP contribution in [0.25, 0.3) is 0 Å². The third-order valence-corrected chi connectivity index (χ3v) is 5.98. The number of aromatic nitrogens is 2. The third-order valence-electron chi connectivity index (χ3n) is 4.31. The Morgan fingerprint density at radius 2 is 2.47 bits per heavy atom. The lowest BCUT2D eigenvalue weighted by Gasteiger charge is -2.35. The molecule has 2 bridgehead atoms. The summed E-state index contributed by atoms with van der Waals surface area (Å²) < 4.78 is 3.97. The minimum atomic E-state index is 0.499. The largest absolute Gasteiger partial charge is 0.143 e. The van der Waals surface area contributed by atoms with E-state index in [2.05, 4.69) is 30.9 Å². The Labute approximate surface area is 103 Å². The second-order valence-corrected chi connectivity index (χ2v) is 6.32. The fourth-order valence-corrected chi connectivity index (χ4v) is 4.94. The molecule has 15 heavy (non-hydrogen) atoms. The predicted molar refractivity (Wildman–Crippen MR) is 65.3 cm³/mol. The molecule has 0 amide bonds. The Balaban J connectivity index is 1.82. The molecule has 2 fully saturated rings. The highest BCUT2D eigenvalue weighted by molar-refractivity contribution is 9.09. The first-order valence-electron chi connectivity index (χ1n) is 5.64. The second kappa shape index (κ2) is 3.81. The van der Waals surface area contributed by atoms with Crippen molar-refractivity contribution in [1.82, 2.24) is 9.59 Å². The van der Waals surface area contributed by atoms with E-state index in [1.807, 2.05) is 0 Å². The van der Waals surface area contributed by atoms with Crippen molar-refractivity contribution in [2.45, 2.75) is 32.1 Å². The monoisotopic (exact) mass is 286 g/mol. The summed E-state index contributed by atoms with van der Waals surface area (Å²) in [7, 11) is 0. The lowest BCUT2D eigenvalue weighted by molar-refractivity contribution is 0.195. The molecule has 0 saturated heterocycles. The van der Waals surface area contributed by atoms with Crippen molar-refractivity contribution in [3.8, 4) is 0 Å². The lowest BCUT2D eigenvalue weighted by atomic mass is 9.72. The third kappa shape index (κ3) is 1.66. The van der Waals surface area contributed by atoms with E-state index in [9.17, 15) is 0 Å². The molecule has 0 aliphatic heterocycles. The average molecular weight is 287 g/mol. The summed E-state index contributed by atoms with van der Waals surface area (Å²) in [6.07, 6.45) is 6.90. The molecule has 0 spiro atoms. The minimum absolute atomic E-state index is 0.499. The van der Waals surface area contributed by atoms with E-state index < -0.39 is 0 Å². The van der Waals surface area contributed by atoms with Crippen molar-refractivity contribution < 1.29 is 0 Å². The maximum absolute atomic E-state index is 4.20. The zero-order valence-corrected chi connectivity index (χ0v) is 11.1. The van der Waals surface area contributed by atoms with Gasteiger partial charge in [-0.25, -0.2) is 0 Å². The molecule has 2 aliphatic carbocycles. The fourth-order valence-electron chi connectivity index (χ4n) is 3.61. The Kier molecular flexibility index (Phi) is 2.59. The molecule has 0 aromatic carbocycles. The van der Waals surface area contributed by atoms with Gasteiger partial charge < -0.3 is 0 Å². The summed E-state index contributed by atoms with van der Waals surface area (Å²) in [5.41, 5.74) is 1.70. The summed E-state index contributed by atoms with van der Waals surface area (Å²) >= 11 is 5.21. The number of nitrogens with zero attached hydrogens (tertiary/aromatic N) is 2. The van der Waals surface area contributed by atoms with Crippen LogP contribution in [0.1, 0.15) is 31.4 Å². The van der Waals surface area contributed by atoms with E-state index in [1.54, 1.807) is 0 Å². The highest BCUT2D eigenvalue weighted by atomic mass is 79.9. The Morgan fingerprint density at radius 1 is 1.53 bits per heavy atom. The van der Waals surface area contributed by atoms with Crippen LogP contribution >= 0.6 is 27.5 Å². The van der Waals surface area contributed by atoms with E-state index in [-0.39, 0.29) is 0 Å². The van der Waals surface area contributed by atoms with Gasteiger partial charge in [0.2, 0.25) is 0 Å². The van der Waals surface area contributed by atoms with Crippen molar-refractivity contribution in [2.24, 2.45) is 17.3 Å². The number of hydrogen-bond donors (Lipinski definition) is 0. The van der Waals surface area contributed by atoms with Crippen LogP contribution in [0.3, 0.4) is 0 Å². The van der Waals surface area contributed by atoms with Gasteiger partial charge in [-0.2, -0.15) is 0 Å². The van der Waals surface area contributed by atoms with Gasteiger partial charge in [0.15, 0.2) is 0 Å². The van der Waals surface area contributed by atoms with E-state index in [4.69, 9.17) is 0 Å². The van der Waals surface area contributed by atoms with Gasteiger partial charge in [0.1, 0.15) is 0 Å². The molecule has 3 atom stereocenters. The van der Waals surface area contributed by atoms with Crippen molar-refractivity contribution in [3.63, 3.8) is 0 Å². The van der Waals surface area contributed by atoms with Crippen LogP contribution < -0.4 is 0 Å². The van der Waals surface area contributed by atoms with Crippen LogP contribution in [-0.4, -0.2) is 14.9 Å². The average Bonchev–Trinajstić information content (AvgIpc) is 2.93. The molecule has 3 rings (SSSR count). The van der Waals surface area contributed by atoms with Crippen molar-refractivity contribution in [2.75, 3.05) is 5.33 Å². The van der Waals surface area contributed by atoms with Gasteiger partial charge in [0, 0.05) is 10.7 Å². The van der Waals surface area contributed by atoms with Crippen LogP contribution in [0.4, 0.5) is 0 Å². The fraction of sp³-hybridized carbons (Fsp3) is 0.818. The van der Waals surface area contributed by atoms with Crippen LogP contribution in [0.5, 0.6) is 0 Å². The van der Waals surface area contributed by atoms with Gasteiger partial charge in [-0.15, -0.1) is 5.10 Å². The van der Waals surface area contributed by atoms with E-state index in [0.29, 0.717) is 5.41 Å². The number of hydrogen-bond acceptors (Lipinski definition) is 3. The van der Waals surface area contributed by atoms with Gasteiger partial charge in [-0.1, -0.05) is 26.8 Å². The first kappa shape index (κ1) is 10.2.